The Balaban J connectivity index is 2.34. The van der Waals surface area contributed by atoms with E-state index in [0.717, 1.165) is 0 Å². The van der Waals surface area contributed by atoms with E-state index in [4.69, 9.17) is 5.73 Å². The summed E-state index contributed by atoms with van der Waals surface area (Å²) in [6.07, 6.45) is 4.23. The van der Waals surface area contributed by atoms with Gasteiger partial charge in [0.1, 0.15) is 4.90 Å². The third-order valence-electron chi connectivity index (χ3n) is 2.16. The Morgan fingerprint density at radius 2 is 2.06 bits per heavy atom. The topological polar surface area (TPSA) is 116 Å². The van der Waals surface area contributed by atoms with Crippen LogP contribution in [-0.2, 0) is 16.6 Å². The van der Waals surface area contributed by atoms with Gasteiger partial charge in [0.25, 0.3) is 10.0 Å². The van der Waals surface area contributed by atoms with Gasteiger partial charge in [0.2, 0.25) is 5.95 Å². The highest BCUT2D eigenvalue weighted by molar-refractivity contribution is 7.92. The summed E-state index contributed by atoms with van der Waals surface area (Å²) in [5, 5.41) is 3.87. The number of aryl methyl sites for hydroxylation is 1. The first kappa shape index (κ1) is 12.3. The highest BCUT2D eigenvalue weighted by Gasteiger charge is 2.21. The molecule has 0 aromatic carbocycles. The summed E-state index contributed by atoms with van der Waals surface area (Å²) < 4.78 is 27.7. The van der Waals surface area contributed by atoms with Crippen molar-refractivity contribution in [3.8, 4) is 0 Å². The molecule has 9 heteroatoms. The van der Waals surface area contributed by atoms with Gasteiger partial charge in [-0.2, -0.15) is 5.10 Å². The van der Waals surface area contributed by atoms with Crippen LogP contribution < -0.4 is 10.5 Å². The van der Waals surface area contributed by atoms with Gasteiger partial charge in [0.15, 0.2) is 5.82 Å². The third kappa shape index (κ3) is 2.40. The Morgan fingerprint density at radius 3 is 2.61 bits per heavy atom. The summed E-state index contributed by atoms with van der Waals surface area (Å²) in [5.41, 5.74) is 5.56. The van der Waals surface area contributed by atoms with Crippen LogP contribution in [0.15, 0.2) is 29.6 Å². The van der Waals surface area contributed by atoms with Crippen molar-refractivity contribution >= 4 is 21.8 Å². The fourth-order valence-electron chi connectivity index (χ4n) is 1.31. The van der Waals surface area contributed by atoms with E-state index in [2.05, 4.69) is 19.8 Å². The number of aromatic nitrogens is 4. The lowest BCUT2D eigenvalue weighted by molar-refractivity contribution is 0.600. The molecule has 0 aliphatic heterocycles. The molecule has 2 aromatic rings. The Morgan fingerprint density at radius 1 is 1.39 bits per heavy atom. The normalized spacial score (nSPS) is 11.4. The number of hydrogen-bond donors (Lipinski definition) is 2. The molecule has 0 saturated carbocycles. The number of rotatable bonds is 4. The molecule has 2 rings (SSSR count). The van der Waals surface area contributed by atoms with Crippen LogP contribution in [0.2, 0.25) is 0 Å². The van der Waals surface area contributed by atoms with Crippen LogP contribution in [0, 0.1) is 0 Å². The van der Waals surface area contributed by atoms with Crippen molar-refractivity contribution < 1.29 is 8.42 Å². The first-order valence-corrected chi connectivity index (χ1v) is 6.64. The van der Waals surface area contributed by atoms with Crippen molar-refractivity contribution in [2.45, 2.75) is 18.4 Å². The molecule has 0 atom stereocenters. The lowest BCUT2D eigenvalue weighted by Gasteiger charge is -2.03. The standard InChI is InChI=1S/C9H12N6O2S/c1-2-15-6-7(8(10)13-15)18(16,17)14-9-11-4-3-5-12-9/h3-6H,2H2,1H3,(H2,10,13)(H,11,12,14). The highest BCUT2D eigenvalue weighted by Crippen LogP contribution is 2.18. The van der Waals surface area contributed by atoms with Crippen molar-refractivity contribution in [2.24, 2.45) is 0 Å². The molecular weight excluding hydrogens is 256 g/mol. The zero-order chi connectivity index (χ0) is 13.2. The zero-order valence-electron chi connectivity index (χ0n) is 9.61. The summed E-state index contributed by atoms with van der Waals surface area (Å²) in [7, 11) is -3.82. The van der Waals surface area contributed by atoms with Crippen LogP contribution in [0.4, 0.5) is 11.8 Å². The lowest BCUT2D eigenvalue weighted by Crippen LogP contribution is -2.15. The molecule has 0 aliphatic carbocycles. The molecule has 8 nitrogen and oxygen atoms in total. The minimum absolute atomic E-state index is 0.0128. The molecule has 2 heterocycles. The molecule has 3 N–H and O–H groups in total. The number of anilines is 2. The molecule has 0 radical (unpaired) electrons. The predicted molar refractivity (Wildman–Crippen MR) is 65.2 cm³/mol. The van der Waals surface area contributed by atoms with Crippen LogP contribution in [0.25, 0.3) is 0 Å². The maximum absolute atomic E-state index is 12.0. The second-order valence-corrected chi connectivity index (χ2v) is 5.06. The van der Waals surface area contributed by atoms with Crippen LogP contribution >= 0.6 is 0 Å². The summed E-state index contributed by atoms with van der Waals surface area (Å²) in [5.74, 6) is -0.0681. The largest absolute Gasteiger partial charge is 0.381 e. The summed E-state index contributed by atoms with van der Waals surface area (Å²) in [6, 6.07) is 1.58. The molecule has 0 saturated heterocycles. The molecular formula is C9H12N6O2S. The SMILES string of the molecule is CCn1cc(S(=O)(=O)Nc2ncccn2)c(N)n1. The first-order valence-electron chi connectivity index (χ1n) is 5.15. The fourth-order valence-corrected chi connectivity index (χ4v) is 2.35. The summed E-state index contributed by atoms with van der Waals surface area (Å²) >= 11 is 0. The van der Waals surface area contributed by atoms with Crippen molar-refractivity contribution in [2.75, 3.05) is 10.5 Å². The second kappa shape index (κ2) is 4.61. The number of nitrogens with zero attached hydrogens (tertiary/aromatic N) is 4. The van der Waals surface area contributed by atoms with Gasteiger partial charge in [-0.15, -0.1) is 0 Å². The summed E-state index contributed by atoms with van der Waals surface area (Å²) in [4.78, 5) is 7.47. The molecule has 18 heavy (non-hydrogen) atoms. The zero-order valence-corrected chi connectivity index (χ0v) is 10.4. The molecule has 0 spiro atoms. The van der Waals surface area contributed by atoms with Gasteiger partial charge >= 0.3 is 0 Å². The highest BCUT2D eigenvalue weighted by atomic mass is 32.2. The molecule has 2 aromatic heterocycles. The van der Waals surface area contributed by atoms with Crippen LogP contribution in [-0.4, -0.2) is 28.2 Å². The quantitative estimate of drug-likeness (QED) is 0.811. The first-order chi connectivity index (χ1) is 8.53. The van der Waals surface area contributed by atoms with E-state index in [1.165, 1.54) is 23.3 Å². The number of nitrogens with one attached hydrogen (secondary N) is 1. The maximum atomic E-state index is 12.0. The average molecular weight is 268 g/mol. The average Bonchev–Trinajstić information content (AvgIpc) is 2.72. The molecule has 0 fully saturated rings. The Kier molecular flexibility index (Phi) is 3.15. The van der Waals surface area contributed by atoms with Crippen LogP contribution in [0.1, 0.15) is 6.92 Å². The van der Waals surface area contributed by atoms with E-state index in [1.54, 1.807) is 6.07 Å². The van der Waals surface area contributed by atoms with Crippen LogP contribution in [0.5, 0.6) is 0 Å². The number of sulfonamides is 1. The number of nitrogen functional groups attached to an aromatic ring is 1. The smallest absolute Gasteiger partial charge is 0.269 e. The second-order valence-electron chi connectivity index (χ2n) is 3.41. The van der Waals surface area contributed by atoms with E-state index in [1.807, 2.05) is 6.92 Å². The van der Waals surface area contributed by atoms with Gasteiger partial charge in [0.05, 0.1) is 0 Å². The van der Waals surface area contributed by atoms with Gasteiger partial charge in [-0.05, 0) is 13.0 Å². The minimum atomic E-state index is -3.82. The van der Waals surface area contributed by atoms with E-state index in [0.29, 0.717) is 6.54 Å². The van der Waals surface area contributed by atoms with E-state index in [-0.39, 0.29) is 16.7 Å². The van der Waals surface area contributed by atoms with Gasteiger partial charge in [-0.3, -0.25) is 4.68 Å². The molecule has 0 aliphatic rings. The number of hydrogen-bond acceptors (Lipinski definition) is 6. The van der Waals surface area contributed by atoms with Gasteiger partial charge in [-0.25, -0.2) is 23.1 Å². The molecule has 0 amide bonds. The Hall–Kier alpha value is -2.16. The minimum Gasteiger partial charge on any atom is -0.381 e. The molecule has 0 unspecified atom stereocenters. The van der Waals surface area contributed by atoms with Crippen molar-refractivity contribution in [1.29, 1.82) is 0 Å². The van der Waals surface area contributed by atoms with Crippen molar-refractivity contribution in [1.82, 2.24) is 19.7 Å². The van der Waals surface area contributed by atoms with E-state index in [9.17, 15) is 8.42 Å². The Bertz CT molecular complexity index is 636. The maximum Gasteiger partial charge on any atom is 0.269 e. The van der Waals surface area contributed by atoms with E-state index >= 15 is 0 Å². The van der Waals surface area contributed by atoms with Gasteiger partial charge in [-0.1, -0.05) is 0 Å². The third-order valence-corrected chi connectivity index (χ3v) is 3.50. The molecule has 0 bridgehead atoms. The Labute approximate surface area is 104 Å². The van der Waals surface area contributed by atoms with Crippen molar-refractivity contribution in [3.05, 3.63) is 24.7 Å². The van der Waals surface area contributed by atoms with Gasteiger partial charge in [0, 0.05) is 25.1 Å². The fraction of sp³-hybridized carbons (Fsp3) is 0.222. The summed E-state index contributed by atoms with van der Waals surface area (Å²) in [6.45, 7) is 2.36. The van der Waals surface area contributed by atoms with Crippen molar-refractivity contribution in [3.63, 3.8) is 0 Å². The monoisotopic (exact) mass is 268 g/mol. The van der Waals surface area contributed by atoms with Gasteiger partial charge < -0.3 is 5.73 Å². The predicted octanol–water partition coefficient (Wildman–Crippen LogP) is 0.0760. The van der Waals surface area contributed by atoms with E-state index < -0.39 is 10.0 Å². The molecule has 96 valence electrons. The van der Waals surface area contributed by atoms with Crippen LogP contribution in [0.3, 0.4) is 0 Å². The lowest BCUT2D eigenvalue weighted by atomic mass is 10.6. The number of nitrogens with two attached hydrogens (primary N) is 1.